The maximum absolute atomic E-state index is 12.7. The number of aliphatic hydroxyl groups is 2. The van der Waals surface area contributed by atoms with E-state index in [0.29, 0.717) is 105 Å². The molecule has 0 spiro atoms. The Morgan fingerprint density at radius 2 is 0.986 bits per heavy atom. The number of pyridine rings is 2. The van der Waals surface area contributed by atoms with Crippen LogP contribution in [0.15, 0.2) is 127 Å². The van der Waals surface area contributed by atoms with Crippen LogP contribution in [0.2, 0.25) is 0 Å². The van der Waals surface area contributed by atoms with Gasteiger partial charge in [0.05, 0.1) is 44.9 Å². The minimum atomic E-state index is -0.370. The Morgan fingerprint density at radius 1 is 0.529 bits per heavy atom. The van der Waals surface area contributed by atoms with E-state index in [1.165, 1.54) is 0 Å². The predicted octanol–water partition coefficient (Wildman–Crippen LogP) is 7.29. The van der Waals surface area contributed by atoms with E-state index in [-0.39, 0.29) is 47.1 Å². The summed E-state index contributed by atoms with van der Waals surface area (Å²) in [4.78, 5) is 70.5. The molecule has 0 saturated heterocycles. The fourth-order valence-corrected chi connectivity index (χ4v) is 8.87. The zero-order chi connectivity index (χ0) is 48.4. The molecule has 0 fully saturated rings. The molecule has 0 saturated carbocycles. The normalized spacial score (nSPS) is 15.8. The molecule has 11 rings (SSSR count). The molecule has 0 amide bonds. The lowest BCUT2D eigenvalue weighted by Gasteiger charge is -2.10. The standard InChI is InChI=1S/C20H17N3O2.C13H13BrN2O2.C13H11BrN2O2.C7H5N.ClH/c24-16-6-8-19-22-18-12-14(3-4-15-2-1-10-21-13-15)5-7-17(18)20(25)23(19)11-9-16;2*14-8-1-3-10-11(7-8)15-12-4-2-9(17)5-6-16(12)13(10)18;1-2-7-4-3-5-8-6-7;/h1-2,5,7,10,12-13,16,24H,6,8-9,11H2;1,3,7,9,17H,2,4-6H2;1,3,7H,2,4-6H2;1,3-6H;1H. The zero-order valence-corrected chi connectivity index (χ0v) is 41.8. The van der Waals surface area contributed by atoms with E-state index in [0.717, 1.165) is 48.6 Å². The van der Waals surface area contributed by atoms with Gasteiger partial charge in [-0.1, -0.05) is 49.6 Å². The monoisotopic (exact) mass is 1080 g/mol. The molecule has 0 bridgehead atoms. The van der Waals surface area contributed by atoms with Gasteiger partial charge >= 0.3 is 0 Å². The van der Waals surface area contributed by atoms with Crippen LogP contribution in [0.25, 0.3) is 32.7 Å². The highest BCUT2D eigenvalue weighted by Gasteiger charge is 2.20. The van der Waals surface area contributed by atoms with Gasteiger partial charge in [0.15, 0.2) is 0 Å². The van der Waals surface area contributed by atoms with Gasteiger partial charge in [0, 0.05) is 102 Å². The summed E-state index contributed by atoms with van der Waals surface area (Å²) >= 11 is 6.76. The van der Waals surface area contributed by atoms with Crippen molar-refractivity contribution in [2.24, 2.45) is 0 Å². The fraction of sp³-hybridized carbons (Fsp3) is 0.264. The highest BCUT2D eigenvalue weighted by molar-refractivity contribution is 9.10. The Kier molecular flexibility index (Phi) is 17.4. The van der Waals surface area contributed by atoms with Crippen LogP contribution in [-0.4, -0.2) is 66.8 Å². The van der Waals surface area contributed by atoms with Crippen molar-refractivity contribution in [1.82, 2.24) is 38.6 Å². The minimum absolute atomic E-state index is 0. The van der Waals surface area contributed by atoms with Crippen molar-refractivity contribution in [1.29, 1.82) is 0 Å². The van der Waals surface area contributed by atoms with Crippen LogP contribution in [0.4, 0.5) is 0 Å². The average molecular weight is 1090 g/mol. The van der Waals surface area contributed by atoms with Gasteiger partial charge < -0.3 is 10.2 Å². The number of fused-ring (bicyclic) bond motifs is 6. The molecule has 0 aliphatic carbocycles. The Hall–Kier alpha value is -6.66. The van der Waals surface area contributed by atoms with Crippen molar-refractivity contribution >= 4 is 82.8 Å². The van der Waals surface area contributed by atoms with Crippen LogP contribution >= 0.6 is 44.3 Å². The van der Waals surface area contributed by atoms with Gasteiger partial charge in [0.2, 0.25) is 0 Å². The number of aromatic nitrogens is 8. The van der Waals surface area contributed by atoms with Crippen LogP contribution in [0.5, 0.6) is 0 Å². The number of hydrogen-bond donors (Lipinski definition) is 2. The molecule has 70 heavy (non-hydrogen) atoms. The average Bonchev–Trinajstić information content (AvgIpc) is 3.77. The third-order valence-electron chi connectivity index (χ3n) is 11.9. The lowest BCUT2D eigenvalue weighted by molar-refractivity contribution is -0.119. The van der Waals surface area contributed by atoms with E-state index in [2.05, 4.69) is 74.5 Å². The van der Waals surface area contributed by atoms with Gasteiger partial charge in [-0.3, -0.25) is 42.8 Å². The SMILES string of the molecule is C#Cc1cccnc1.Cl.O=C1CCc2nc3cc(Br)ccc3c(=O)n2CC1.O=c1c2ccc(Br)cc2nc2n1CCC(O)CC2.O=c1c2ccc(C#Cc3cccnc3)cc2nc2n1CCC(O)CC2. The number of hydrogen-bond acceptors (Lipinski definition) is 11. The molecule has 3 aliphatic heterocycles. The van der Waals surface area contributed by atoms with Gasteiger partial charge in [0.25, 0.3) is 16.7 Å². The Labute approximate surface area is 425 Å². The molecule has 14 nitrogen and oxygen atoms in total. The lowest BCUT2D eigenvalue weighted by atomic mass is 10.1. The highest BCUT2D eigenvalue weighted by Crippen LogP contribution is 2.21. The maximum atomic E-state index is 12.7. The first-order valence-corrected chi connectivity index (χ1v) is 24.1. The molecule has 8 aromatic rings. The van der Waals surface area contributed by atoms with Gasteiger partial charge in [-0.05, 0) is 105 Å². The third kappa shape index (κ3) is 12.6. The number of Topliss-reactive ketones (excluding diaryl/α,β-unsaturated/α-hetero) is 1. The molecule has 8 heterocycles. The van der Waals surface area contributed by atoms with Crippen molar-refractivity contribution in [3.8, 4) is 24.2 Å². The number of halogens is 3. The molecule has 2 N–H and O–H groups in total. The Balaban J connectivity index is 0.000000144. The van der Waals surface area contributed by atoms with E-state index < -0.39 is 0 Å². The van der Waals surface area contributed by atoms with Crippen molar-refractivity contribution in [2.75, 3.05) is 0 Å². The summed E-state index contributed by atoms with van der Waals surface area (Å²) in [5.74, 6) is 11.1. The Morgan fingerprint density at radius 3 is 1.47 bits per heavy atom. The number of carbonyl (C=O) groups excluding carboxylic acids is 1. The van der Waals surface area contributed by atoms with Crippen molar-refractivity contribution in [3.63, 3.8) is 0 Å². The first kappa shape index (κ1) is 51.2. The summed E-state index contributed by atoms with van der Waals surface area (Å²) in [5.41, 5.74) is 4.45. The highest BCUT2D eigenvalue weighted by atomic mass is 79.9. The second-order valence-corrected chi connectivity index (χ2v) is 18.5. The van der Waals surface area contributed by atoms with Crippen molar-refractivity contribution < 1.29 is 15.0 Å². The predicted molar refractivity (Wildman–Crippen MR) is 279 cm³/mol. The summed E-state index contributed by atoms with van der Waals surface area (Å²) in [6, 6.07) is 23.8. The van der Waals surface area contributed by atoms with Crippen LogP contribution in [0.1, 0.15) is 72.7 Å². The largest absolute Gasteiger partial charge is 0.393 e. The summed E-state index contributed by atoms with van der Waals surface area (Å²) < 4.78 is 6.85. The van der Waals surface area contributed by atoms with E-state index in [1.54, 1.807) is 56.7 Å². The molecule has 2 unspecified atom stereocenters. The van der Waals surface area contributed by atoms with E-state index in [1.807, 2.05) is 60.7 Å². The van der Waals surface area contributed by atoms with Crippen molar-refractivity contribution in [2.45, 2.75) is 89.6 Å². The zero-order valence-electron chi connectivity index (χ0n) is 37.8. The molecule has 0 radical (unpaired) electrons. The molecule has 3 aromatic carbocycles. The smallest absolute Gasteiger partial charge is 0.261 e. The summed E-state index contributed by atoms with van der Waals surface area (Å²) in [6.07, 6.45) is 16.4. The Bertz CT molecular complexity index is 3500. The molecular weight excluding hydrogens is 1040 g/mol. The second kappa shape index (κ2) is 23.8. The molecule has 2 atom stereocenters. The van der Waals surface area contributed by atoms with Gasteiger partial charge in [0.1, 0.15) is 23.3 Å². The van der Waals surface area contributed by atoms with Crippen molar-refractivity contribution in [3.05, 3.63) is 178 Å². The first-order valence-electron chi connectivity index (χ1n) is 22.5. The van der Waals surface area contributed by atoms with Crippen LogP contribution in [0.3, 0.4) is 0 Å². The number of terminal acetylenes is 1. The molecule has 356 valence electrons. The molecule has 5 aromatic heterocycles. The first-order chi connectivity index (χ1) is 33.4. The molecule has 17 heteroatoms. The maximum Gasteiger partial charge on any atom is 0.261 e. The molecule has 3 aliphatic rings. The van der Waals surface area contributed by atoms with E-state index >= 15 is 0 Å². The lowest BCUT2D eigenvalue weighted by Crippen LogP contribution is -2.24. The van der Waals surface area contributed by atoms with Gasteiger partial charge in [-0.25, -0.2) is 15.0 Å². The summed E-state index contributed by atoms with van der Waals surface area (Å²) in [6.45, 7) is 1.52. The third-order valence-corrected chi connectivity index (χ3v) is 12.9. The summed E-state index contributed by atoms with van der Waals surface area (Å²) in [5, 5.41) is 21.4. The fourth-order valence-electron chi connectivity index (χ4n) is 8.17. The number of aliphatic hydroxyl groups excluding tert-OH is 2. The number of aryl methyl sites for hydroxylation is 3. The van der Waals surface area contributed by atoms with E-state index in [9.17, 15) is 29.4 Å². The second-order valence-electron chi connectivity index (χ2n) is 16.6. The number of nitrogens with zero attached hydrogens (tertiary/aromatic N) is 8. The number of carbonyl (C=O) groups is 1. The quantitative estimate of drug-likeness (QED) is 0.145. The van der Waals surface area contributed by atoms with Crippen LogP contribution in [-0.2, 0) is 43.7 Å². The van der Waals surface area contributed by atoms with Crippen LogP contribution < -0.4 is 16.7 Å². The number of rotatable bonds is 0. The number of ketones is 1. The topological polar surface area (TPSA) is 188 Å². The number of benzene rings is 3. The minimum Gasteiger partial charge on any atom is -0.393 e. The summed E-state index contributed by atoms with van der Waals surface area (Å²) in [7, 11) is 0. The van der Waals surface area contributed by atoms with Crippen LogP contribution in [0, 0.1) is 24.2 Å². The van der Waals surface area contributed by atoms with Gasteiger partial charge in [-0.15, -0.1) is 18.8 Å². The molecular formula is C53H47Br2ClN8O6. The van der Waals surface area contributed by atoms with Gasteiger partial charge in [-0.2, -0.15) is 0 Å². The van der Waals surface area contributed by atoms with E-state index in [4.69, 9.17) is 6.42 Å².